The van der Waals surface area contributed by atoms with Crippen molar-refractivity contribution in [1.29, 1.82) is 0 Å². The minimum Gasteiger partial charge on any atom is -0.382 e. The summed E-state index contributed by atoms with van der Waals surface area (Å²) in [5, 5.41) is 23.7. The van der Waals surface area contributed by atoms with Crippen molar-refractivity contribution < 1.29 is 9.90 Å². The molecule has 2 aliphatic rings. The second-order valence-corrected chi connectivity index (χ2v) is 7.88. The van der Waals surface area contributed by atoms with E-state index in [0.29, 0.717) is 30.1 Å². The normalized spacial score (nSPS) is 23.7. The number of carbonyl (C=O) groups is 1. The van der Waals surface area contributed by atoms with Crippen LogP contribution in [0.5, 0.6) is 0 Å². The van der Waals surface area contributed by atoms with E-state index in [0.717, 1.165) is 25.0 Å². The van der Waals surface area contributed by atoms with Gasteiger partial charge >= 0.3 is 0 Å². The number of piperidine rings is 1. The third-order valence-electron chi connectivity index (χ3n) is 5.45. The van der Waals surface area contributed by atoms with Crippen molar-refractivity contribution in [2.45, 2.75) is 57.1 Å². The molecule has 1 atom stereocenters. The molecule has 1 amide bonds. The van der Waals surface area contributed by atoms with E-state index in [1.54, 1.807) is 22.0 Å². The summed E-state index contributed by atoms with van der Waals surface area (Å²) in [6, 6.07) is 0.178. The number of aromatic nitrogens is 5. The van der Waals surface area contributed by atoms with Crippen LogP contribution in [0, 0.1) is 0 Å². The van der Waals surface area contributed by atoms with Crippen molar-refractivity contribution >= 4 is 5.91 Å². The number of aliphatic hydroxyl groups is 1. The maximum atomic E-state index is 13.1. The Balaban J connectivity index is 1.57. The molecule has 1 saturated heterocycles. The van der Waals surface area contributed by atoms with Gasteiger partial charge in [0.05, 0.1) is 30.2 Å². The summed E-state index contributed by atoms with van der Waals surface area (Å²) < 4.78 is 3.55. The van der Waals surface area contributed by atoms with Crippen molar-refractivity contribution in [3.8, 4) is 0 Å². The fourth-order valence-corrected chi connectivity index (χ4v) is 3.78. The Hall–Kier alpha value is -2.22. The highest BCUT2D eigenvalue weighted by molar-refractivity contribution is 5.95. The first kappa shape index (κ1) is 17.2. The van der Waals surface area contributed by atoms with Crippen LogP contribution in [-0.4, -0.2) is 53.8 Å². The molecule has 140 valence electrons. The van der Waals surface area contributed by atoms with Gasteiger partial charge in [0.1, 0.15) is 11.3 Å². The number of carbonyl (C=O) groups excluding carboxylic acids is 1. The molecule has 1 aliphatic carbocycles. The zero-order chi connectivity index (χ0) is 18.5. The quantitative estimate of drug-likeness (QED) is 0.897. The molecule has 0 unspecified atom stereocenters. The van der Waals surface area contributed by atoms with E-state index in [4.69, 9.17) is 0 Å². The standard InChI is InChI=1S/C18H26N6O2/c1-12(2)24-10-15(20-21-24)18(26)7-4-8-23(11-18)17(25)14-9-19-22(3)16(14)13-5-6-13/h9-10,12-13,26H,4-8,11H2,1-3H3/t18-/m1/s1. The van der Waals surface area contributed by atoms with Crippen LogP contribution >= 0.6 is 0 Å². The minimum absolute atomic E-state index is 0.0469. The summed E-state index contributed by atoms with van der Waals surface area (Å²) in [5.41, 5.74) is 1.08. The molecule has 1 saturated carbocycles. The van der Waals surface area contributed by atoms with Gasteiger partial charge < -0.3 is 10.0 Å². The van der Waals surface area contributed by atoms with E-state index in [9.17, 15) is 9.90 Å². The van der Waals surface area contributed by atoms with Gasteiger partial charge in [-0.3, -0.25) is 9.48 Å². The molecule has 1 N–H and O–H groups in total. The third-order valence-corrected chi connectivity index (χ3v) is 5.45. The Morgan fingerprint density at radius 1 is 1.38 bits per heavy atom. The van der Waals surface area contributed by atoms with E-state index in [-0.39, 0.29) is 18.5 Å². The second-order valence-electron chi connectivity index (χ2n) is 7.88. The first-order valence-corrected chi connectivity index (χ1v) is 9.35. The summed E-state index contributed by atoms with van der Waals surface area (Å²) >= 11 is 0. The van der Waals surface area contributed by atoms with E-state index in [1.807, 2.05) is 25.6 Å². The van der Waals surface area contributed by atoms with Gasteiger partial charge in [-0.25, -0.2) is 4.68 Å². The molecule has 2 aromatic rings. The monoisotopic (exact) mass is 358 g/mol. The zero-order valence-electron chi connectivity index (χ0n) is 15.6. The topological polar surface area (TPSA) is 89.1 Å². The molecule has 2 fully saturated rings. The van der Waals surface area contributed by atoms with Gasteiger partial charge in [0, 0.05) is 25.6 Å². The number of β-amino-alcohol motifs (C(OH)–C–C–N with tert-alkyl or cyclic N) is 1. The van der Waals surface area contributed by atoms with Crippen LogP contribution in [-0.2, 0) is 12.6 Å². The lowest BCUT2D eigenvalue weighted by Crippen LogP contribution is -2.48. The number of likely N-dealkylation sites (tertiary alicyclic amines) is 1. The Bertz CT molecular complexity index is 822. The summed E-state index contributed by atoms with van der Waals surface area (Å²) in [7, 11) is 1.89. The SMILES string of the molecule is CC(C)n1cc([C@@]2(O)CCCN(C(=O)c3cnn(C)c3C3CC3)C2)nn1. The third kappa shape index (κ3) is 2.92. The second kappa shape index (κ2) is 6.19. The fraction of sp³-hybridized carbons (Fsp3) is 0.667. The number of amides is 1. The Labute approximate surface area is 152 Å². The molecular weight excluding hydrogens is 332 g/mol. The van der Waals surface area contributed by atoms with Gasteiger partial charge in [-0.05, 0) is 39.5 Å². The maximum Gasteiger partial charge on any atom is 0.257 e. The van der Waals surface area contributed by atoms with Crippen molar-refractivity contribution in [3.63, 3.8) is 0 Å². The number of hydrogen-bond donors (Lipinski definition) is 1. The Morgan fingerprint density at radius 3 is 2.81 bits per heavy atom. The van der Waals surface area contributed by atoms with Crippen molar-refractivity contribution in [3.05, 3.63) is 29.3 Å². The summed E-state index contributed by atoms with van der Waals surface area (Å²) in [4.78, 5) is 14.9. The van der Waals surface area contributed by atoms with Crippen molar-refractivity contribution in [1.82, 2.24) is 29.7 Å². The fourth-order valence-electron chi connectivity index (χ4n) is 3.78. The molecular formula is C18H26N6O2. The number of aryl methyl sites for hydroxylation is 1. The molecule has 0 spiro atoms. The lowest BCUT2D eigenvalue weighted by atomic mass is 9.89. The molecule has 2 aromatic heterocycles. The highest BCUT2D eigenvalue weighted by Crippen LogP contribution is 2.42. The number of rotatable bonds is 4. The lowest BCUT2D eigenvalue weighted by molar-refractivity contribution is -0.0321. The highest BCUT2D eigenvalue weighted by atomic mass is 16.3. The average Bonchev–Trinajstić information content (AvgIpc) is 3.17. The maximum absolute atomic E-state index is 13.1. The molecule has 8 nitrogen and oxygen atoms in total. The number of hydrogen-bond acceptors (Lipinski definition) is 5. The van der Waals surface area contributed by atoms with Gasteiger partial charge in [-0.15, -0.1) is 5.10 Å². The Kier molecular flexibility index (Phi) is 4.10. The number of nitrogens with zero attached hydrogens (tertiary/aromatic N) is 6. The summed E-state index contributed by atoms with van der Waals surface area (Å²) in [6.07, 6.45) is 6.99. The minimum atomic E-state index is -1.15. The predicted octanol–water partition coefficient (Wildman–Crippen LogP) is 1.59. The van der Waals surface area contributed by atoms with Crippen LogP contribution in [0.2, 0.25) is 0 Å². The molecule has 1 aliphatic heterocycles. The van der Waals surface area contributed by atoms with Crippen molar-refractivity contribution in [2.75, 3.05) is 13.1 Å². The van der Waals surface area contributed by atoms with E-state index < -0.39 is 5.60 Å². The van der Waals surface area contributed by atoms with Crippen LogP contribution < -0.4 is 0 Å². The summed E-state index contributed by atoms with van der Waals surface area (Å²) in [6.45, 7) is 4.90. The van der Waals surface area contributed by atoms with Gasteiger partial charge in [0.15, 0.2) is 0 Å². The van der Waals surface area contributed by atoms with Gasteiger partial charge in [-0.2, -0.15) is 5.10 Å². The van der Waals surface area contributed by atoms with Gasteiger partial charge in [-0.1, -0.05) is 5.21 Å². The largest absolute Gasteiger partial charge is 0.382 e. The molecule has 0 bridgehead atoms. The molecule has 26 heavy (non-hydrogen) atoms. The van der Waals surface area contributed by atoms with Crippen molar-refractivity contribution in [2.24, 2.45) is 7.05 Å². The molecule has 8 heteroatoms. The highest BCUT2D eigenvalue weighted by Gasteiger charge is 2.41. The molecule has 3 heterocycles. The first-order valence-electron chi connectivity index (χ1n) is 9.35. The smallest absolute Gasteiger partial charge is 0.257 e. The van der Waals surface area contributed by atoms with E-state index in [1.165, 1.54) is 0 Å². The van der Waals surface area contributed by atoms with Crippen LogP contribution in [0.15, 0.2) is 12.4 Å². The van der Waals surface area contributed by atoms with Crippen LogP contribution in [0.3, 0.4) is 0 Å². The van der Waals surface area contributed by atoms with Crippen LogP contribution in [0.4, 0.5) is 0 Å². The van der Waals surface area contributed by atoms with Crippen LogP contribution in [0.25, 0.3) is 0 Å². The molecule has 0 aromatic carbocycles. The molecule has 0 radical (unpaired) electrons. The zero-order valence-corrected chi connectivity index (χ0v) is 15.6. The first-order chi connectivity index (χ1) is 12.4. The Morgan fingerprint density at radius 2 is 2.15 bits per heavy atom. The summed E-state index contributed by atoms with van der Waals surface area (Å²) in [5.74, 6) is 0.394. The van der Waals surface area contributed by atoms with Gasteiger partial charge in [0.2, 0.25) is 0 Å². The van der Waals surface area contributed by atoms with E-state index in [2.05, 4.69) is 15.4 Å². The predicted molar refractivity (Wildman–Crippen MR) is 94.6 cm³/mol. The lowest BCUT2D eigenvalue weighted by Gasteiger charge is -2.38. The van der Waals surface area contributed by atoms with Gasteiger partial charge in [0.25, 0.3) is 5.91 Å². The van der Waals surface area contributed by atoms with Crippen LogP contribution in [0.1, 0.15) is 73.2 Å². The van der Waals surface area contributed by atoms with E-state index >= 15 is 0 Å². The molecule has 4 rings (SSSR count). The average molecular weight is 358 g/mol.